The molecule has 3 rings (SSSR count). The number of hydrogen-bond donors (Lipinski definition) is 1. The van der Waals surface area contributed by atoms with Gasteiger partial charge in [-0.3, -0.25) is 9.98 Å². The number of fused-ring (bicyclic) bond motifs is 1. The second-order valence-corrected chi connectivity index (χ2v) is 6.32. The van der Waals surface area contributed by atoms with Crippen molar-refractivity contribution < 1.29 is 0 Å². The number of nitrogens with zero attached hydrogens (tertiary/aromatic N) is 2. The van der Waals surface area contributed by atoms with Crippen LogP contribution in [-0.4, -0.2) is 22.4 Å². The van der Waals surface area contributed by atoms with E-state index in [0.29, 0.717) is 0 Å². The number of H-pyrrole nitrogens is 1. The number of hydrogen-bond acceptors (Lipinski definition) is 3. The number of aromatic nitrogens is 2. The SMILES string of the molecule is C=NC(CSCc1c[nH]c2ccc(C)nc12)c1ccccc1. The fourth-order valence-corrected chi connectivity index (χ4v) is 3.55. The van der Waals surface area contributed by atoms with Crippen LogP contribution < -0.4 is 0 Å². The molecule has 112 valence electrons. The van der Waals surface area contributed by atoms with Crippen LogP contribution in [0, 0.1) is 6.92 Å². The molecule has 0 fully saturated rings. The zero-order valence-electron chi connectivity index (χ0n) is 12.6. The van der Waals surface area contributed by atoms with Crippen LogP contribution in [0.15, 0.2) is 53.7 Å². The van der Waals surface area contributed by atoms with Crippen molar-refractivity contribution in [3.63, 3.8) is 0 Å². The Morgan fingerprint density at radius 1 is 1.23 bits per heavy atom. The number of aryl methyl sites for hydroxylation is 1. The molecule has 0 spiro atoms. The molecule has 3 nitrogen and oxygen atoms in total. The van der Waals surface area contributed by atoms with Crippen molar-refractivity contribution in [3.8, 4) is 0 Å². The summed E-state index contributed by atoms with van der Waals surface area (Å²) < 4.78 is 0. The van der Waals surface area contributed by atoms with Crippen molar-refractivity contribution in [2.45, 2.75) is 18.7 Å². The molecule has 4 heteroatoms. The molecular weight excluding hydrogens is 290 g/mol. The summed E-state index contributed by atoms with van der Waals surface area (Å²) in [5.41, 5.74) is 5.70. The Morgan fingerprint density at radius 3 is 2.82 bits per heavy atom. The Labute approximate surface area is 134 Å². The molecule has 0 bridgehead atoms. The first-order valence-corrected chi connectivity index (χ1v) is 8.45. The first kappa shape index (κ1) is 14.9. The third-order valence-corrected chi connectivity index (χ3v) is 4.75. The van der Waals surface area contributed by atoms with Gasteiger partial charge in [-0.2, -0.15) is 11.8 Å². The van der Waals surface area contributed by atoms with Gasteiger partial charge in [0.05, 0.1) is 17.1 Å². The summed E-state index contributed by atoms with van der Waals surface area (Å²) in [6.45, 7) is 5.76. The summed E-state index contributed by atoms with van der Waals surface area (Å²) in [6.07, 6.45) is 2.06. The molecule has 22 heavy (non-hydrogen) atoms. The number of pyridine rings is 1. The molecule has 0 aliphatic heterocycles. The maximum absolute atomic E-state index is 4.63. The van der Waals surface area contributed by atoms with Crippen LogP contribution in [0.25, 0.3) is 11.0 Å². The summed E-state index contributed by atoms with van der Waals surface area (Å²) >= 11 is 1.87. The van der Waals surface area contributed by atoms with Crippen LogP contribution in [0.2, 0.25) is 0 Å². The maximum Gasteiger partial charge on any atom is 0.0922 e. The van der Waals surface area contributed by atoms with E-state index in [4.69, 9.17) is 0 Å². The van der Waals surface area contributed by atoms with Crippen LogP contribution >= 0.6 is 11.8 Å². The van der Waals surface area contributed by atoms with Gasteiger partial charge >= 0.3 is 0 Å². The summed E-state index contributed by atoms with van der Waals surface area (Å²) in [4.78, 5) is 12.2. The zero-order chi connectivity index (χ0) is 15.4. The lowest BCUT2D eigenvalue weighted by Crippen LogP contribution is -1.98. The van der Waals surface area contributed by atoms with Gasteiger partial charge in [0.1, 0.15) is 0 Å². The molecule has 0 aliphatic carbocycles. The highest BCUT2D eigenvalue weighted by molar-refractivity contribution is 7.98. The van der Waals surface area contributed by atoms with Gasteiger partial charge in [0.15, 0.2) is 0 Å². The molecule has 1 atom stereocenters. The molecule has 1 N–H and O–H groups in total. The highest BCUT2D eigenvalue weighted by Crippen LogP contribution is 2.26. The maximum atomic E-state index is 4.63. The Balaban J connectivity index is 1.66. The largest absolute Gasteiger partial charge is 0.360 e. The smallest absolute Gasteiger partial charge is 0.0922 e. The first-order chi connectivity index (χ1) is 10.8. The number of aromatic amines is 1. The second kappa shape index (κ2) is 6.79. The topological polar surface area (TPSA) is 41.0 Å². The van der Waals surface area contributed by atoms with Gasteiger partial charge in [0.2, 0.25) is 0 Å². The van der Waals surface area contributed by atoms with E-state index in [9.17, 15) is 0 Å². The van der Waals surface area contributed by atoms with E-state index in [-0.39, 0.29) is 6.04 Å². The summed E-state index contributed by atoms with van der Waals surface area (Å²) in [6, 6.07) is 14.6. The predicted molar refractivity (Wildman–Crippen MR) is 95.7 cm³/mol. The highest BCUT2D eigenvalue weighted by Gasteiger charge is 2.10. The molecule has 3 aromatic rings. The van der Waals surface area contributed by atoms with Crippen LogP contribution in [0.5, 0.6) is 0 Å². The molecule has 0 saturated heterocycles. The average molecular weight is 309 g/mol. The number of rotatable bonds is 6. The van der Waals surface area contributed by atoms with E-state index < -0.39 is 0 Å². The van der Waals surface area contributed by atoms with Gasteiger partial charge < -0.3 is 4.98 Å². The Bertz CT molecular complexity index is 764. The van der Waals surface area contributed by atoms with Gasteiger partial charge in [0, 0.05) is 29.0 Å². The third kappa shape index (κ3) is 3.22. The van der Waals surface area contributed by atoms with Gasteiger partial charge in [-0.25, -0.2) is 0 Å². The Kier molecular flexibility index (Phi) is 4.59. The van der Waals surface area contributed by atoms with E-state index >= 15 is 0 Å². The van der Waals surface area contributed by atoms with E-state index in [2.05, 4.69) is 46.1 Å². The Hall–Kier alpha value is -2.07. The minimum Gasteiger partial charge on any atom is -0.360 e. The monoisotopic (exact) mass is 309 g/mol. The van der Waals surface area contributed by atoms with Gasteiger partial charge in [-0.05, 0) is 31.3 Å². The van der Waals surface area contributed by atoms with E-state index in [1.807, 2.05) is 43.0 Å². The quantitative estimate of drug-likeness (QED) is 0.679. The van der Waals surface area contributed by atoms with Gasteiger partial charge in [0.25, 0.3) is 0 Å². The fourth-order valence-electron chi connectivity index (χ4n) is 2.47. The second-order valence-electron chi connectivity index (χ2n) is 5.29. The predicted octanol–water partition coefficient (Wildman–Crippen LogP) is 4.55. The van der Waals surface area contributed by atoms with E-state index in [0.717, 1.165) is 28.2 Å². The van der Waals surface area contributed by atoms with Crippen molar-refractivity contribution in [1.29, 1.82) is 0 Å². The number of thioether (sulfide) groups is 1. The van der Waals surface area contributed by atoms with Gasteiger partial charge in [-0.15, -0.1) is 0 Å². The number of benzene rings is 1. The summed E-state index contributed by atoms with van der Waals surface area (Å²) in [5, 5.41) is 0. The molecule has 1 aromatic carbocycles. The third-order valence-electron chi connectivity index (χ3n) is 3.68. The van der Waals surface area contributed by atoms with Crippen molar-refractivity contribution in [2.24, 2.45) is 4.99 Å². The van der Waals surface area contributed by atoms with Crippen LogP contribution in [0.3, 0.4) is 0 Å². The van der Waals surface area contributed by atoms with Crippen molar-refractivity contribution in [2.75, 3.05) is 5.75 Å². The fraction of sp³-hybridized carbons (Fsp3) is 0.222. The van der Waals surface area contributed by atoms with Crippen LogP contribution in [0.1, 0.15) is 22.9 Å². The Morgan fingerprint density at radius 2 is 2.05 bits per heavy atom. The van der Waals surface area contributed by atoms with E-state index in [1.54, 1.807) is 0 Å². The number of aliphatic imine (C=N–C) groups is 1. The van der Waals surface area contributed by atoms with Crippen molar-refractivity contribution in [3.05, 3.63) is 65.5 Å². The first-order valence-electron chi connectivity index (χ1n) is 7.30. The lowest BCUT2D eigenvalue weighted by molar-refractivity contribution is 0.841. The lowest BCUT2D eigenvalue weighted by Gasteiger charge is -2.11. The highest BCUT2D eigenvalue weighted by atomic mass is 32.2. The average Bonchev–Trinajstić information content (AvgIpc) is 2.95. The molecule has 0 aliphatic rings. The lowest BCUT2D eigenvalue weighted by atomic mass is 10.1. The summed E-state index contributed by atoms with van der Waals surface area (Å²) in [5.74, 6) is 1.85. The molecule has 0 amide bonds. The zero-order valence-corrected chi connectivity index (χ0v) is 13.4. The standard InChI is InChI=1S/C18H19N3S/c1-13-8-9-16-18(21-13)15(10-20-16)11-22-12-17(19-2)14-6-4-3-5-7-14/h3-10,17,20H,2,11-12H2,1H3. The van der Waals surface area contributed by atoms with Crippen molar-refractivity contribution >= 4 is 29.5 Å². The minimum absolute atomic E-state index is 0.145. The normalized spacial score (nSPS) is 12.4. The molecular formula is C18H19N3S. The van der Waals surface area contributed by atoms with Crippen LogP contribution in [-0.2, 0) is 5.75 Å². The molecule has 0 saturated carbocycles. The van der Waals surface area contributed by atoms with Crippen molar-refractivity contribution in [1.82, 2.24) is 9.97 Å². The minimum atomic E-state index is 0.145. The molecule has 2 aromatic heterocycles. The molecule has 1 unspecified atom stereocenters. The summed E-state index contributed by atoms with van der Waals surface area (Å²) in [7, 11) is 0. The molecule has 0 radical (unpaired) electrons. The molecule has 2 heterocycles. The van der Waals surface area contributed by atoms with Crippen LogP contribution in [0.4, 0.5) is 0 Å². The number of nitrogens with one attached hydrogen (secondary N) is 1. The van der Waals surface area contributed by atoms with E-state index in [1.165, 1.54) is 11.1 Å². The van der Waals surface area contributed by atoms with Gasteiger partial charge in [-0.1, -0.05) is 30.3 Å².